The minimum atomic E-state index is -0.154. The van der Waals surface area contributed by atoms with Crippen molar-refractivity contribution < 1.29 is 9.53 Å². The summed E-state index contributed by atoms with van der Waals surface area (Å²) in [7, 11) is 1.58. The molecule has 1 aromatic heterocycles. The van der Waals surface area contributed by atoms with Gasteiger partial charge in [0.25, 0.3) is 0 Å². The fraction of sp³-hybridized carbons (Fsp3) is 0.263. The fourth-order valence-electron chi connectivity index (χ4n) is 2.52. The van der Waals surface area contributed by atoms with Crippen LogP contribution in [-0.2, 0) is 4.79 Å². The van der Waals surface area contributed by atoms with Crippen molar-refractivity contribution in [3.63, 3.8) is 0 Å². The Morgan fingerprint density at radius 3 is 2.70 bits per heavy atom. The minimum Gasteiger partial charge on any atom is -0.495 e. The molecule has 1 heterocycles. The van der Waals surface area contributed by atoms with E-state index in [-0.39, 0.29) is 11.7 Å². The maximum absolute atomic E-state index is 12.4. The van der Waals surface area contributed by atoms with Crippen LogP contribution in [0.4, 0.5) is 5.69 Å². The lowest BCUT2D eigenvalue weighted by atomic mass is 10.1. The fourth-order valence-corrected chi connectivity index (χ4v) is 3.22. The standard InChI is InChI=1S/C19H21N5O2S/c1-12-5-8-17(26-4)16(9-12)20-18(25)11-27-19-21-22-23-24(19)15-7-6-13(2)14(3)10-15/h5-10H,11H2,1-4H3,(H,20,25). The van der Waals surface area contributed by atoms with Gasteiger partial charge < -0.3 is 10.1 Å². The van der Waals surface area contributed by atoms with Gasteiger partial charge in [-0.2, -0.15) is 4.68 Å². The molecule has 0 saturated carbocycles. The van der Waals surface area contributed by atoms with Gasteiger partial charge in [-0.05, 0) is 72.2 Å². The first-order valence-corrected chi connectivity index (χ1v) is 9.40. The van der Waals surface area contributed by atoms with Crippen molar-refractivity contribution in [2.75, 3.05) is 18.2 Å². The summed E-state index contributed by atoms with van der Waals surface area (Å²) in [5, 5.41) is 15.3. The Kier molecular flexibility index (Phi) is 5.75. The zero-order valence-corrected chi connectivity index (χ0v) is 16.5. The number of carbonyl (C=O) groups excluding carboxylic acids is 1. The normalized spacial score (nSPS) is 10.7. The molecule has 0 atom stereocenters. The Bertz CT molecular complexity index is 970. The average Bonchev–Trinajstić information content (AvgIpc) is 3.11. The third-order valence-electron chi connectivity index (χ3n) is 4.14. The summed E-state index contributed by atoms with van der Waals surface area (Å²) in [6.45, 7) is 6.05. The number of aromatic nitrogens is 4. The molecule has 0 spiro atoms. The summed E-state index contributed by atoms with van der Waals surface area (Å²) < 4.78 is 6.93. The van der Waals surface area contributed by atoms with Crippen LogP contribution in [0.15, 0.2) is 41.6 Å². The zero-order chi connectivity index (χ0) is 19.4. The Morgan fingerprint density at radius 1 is 1.15 bits per heavy atom. The third kappa shape index (κ3) is 4.46. The van der Waals surface area contributed by atoms with Crippen LogP contribution in [0.5, 0.6) is 5.75 Å². The summed E-state index contributed by atoms with van der Waals surface area (Å²) in [5.41, 5.74) is 4.91. The van der Waals surface area contributed by atoms with Crippen LogP contribution in [0, 0.1) is 20.8 Å². The number of nitrogens with one attached hydrogen (secondary N) is 1. The smallest absolute Gasteiger partial charge is 0.234 e. The molecule has 0 aliphatic rings. The molecule has 0 saturated heterocycles. The van der Waals surface area contributed by atoms with Gasteiger partial charge in [-0.15, -0.1) is 5.10 Å². The molecule has 0 fully saturated rings. The monoisotopic (exact) mass is 383 g/mol. The maximum atomic E-state index is 12.4. The molecule has 0 unspecified atom stereocenters. The number of ether oxygens (including phenoxy) is 1. The van der Waals surface area contributed by atoms with E-state index in [4.69, 9.17) is 4.74 Å². The molecule has 3 aromatic rings. The lowest BCUT2D eigenvalue weighted by Crippen LogP contribution is -2.15. The SMILES string of the molecule is COc1ccc(C)cc1NC(=O)CSc1nnnn1-c1ccc(C)c(C)c1. The number of hydrogen-bond donors (Lipinski definition) is 1. The highest BCUT2D eigenvalue weighted by atomic mass is 32.2. The second kappa shape index (κ2) is 8.22. The van der Waals surface area contributed by atoms with Crippen molar-refractivity contribution in [2.45, 2.75) is 25.9 Å². The molecule has 0 radical (unpaired) electrons. The molecule has 27 heavy (non-hydrogen) atoms. The number of carbonyl (C=O) groups is 1. The molecular formula is C19H21N5O2S. The summed E-state index contributed by atoms with van der Waals surface area (Å²) >= 11 is 1.28. The van der Waals surface area contributed by atoms with Gasteiger partial charge in [0.2, 0.25) is 11.1 Å². The number of methoxy groups -OCH3 is 1. The van der Waals surface area contributed by atoms with Crippen LogP contribution >= 0.6 is 11.8 Å². The molecule has 8 heteroatoms. The van der Waals surface area contributed by atoms with E-state index >= 15 is 0 Å². The van der Waals surface area contributed by atoms with Crippen molar-refractivity contribution in [2.24, 2.45) is 0 Å². The number of benzene rings is 2. The lowest BCUT2D eigenvalue weighted by Gasteiger charge is -2.11. The van der Waals surface area contributed by atoms with Crippen molar-refractivity contribution in [1.82, 2.24) is 20.2 Å². The molecule has 7 nitrogen and oxygen atoms in total. The van der Waals surface area contributed by atoms with Crippen molar-refractivity contribution in [3.8, 4) is 11.4 Å². The van der Waals surface area contributed by atoms with Crippen LogP contribution in [0.25, 0.3) is 5.69 Å². The van der Waals surface area contributed by atoms with E-state index in [2.05, 4.69) is 27.8 Å². The lowest BCUT2D eigenvalue weighted by molar-refractivity contribution is -0.113. The van der Waals surface area contributed by atoms with Crippen molar-refractivity contribution in [3.05, 3.63) is 53.1 Å². The van der Waals surface area contributed by atoms with Crippen LogP contribution in [0.2, 0.25) is 0 Å². The topological polar surface area (TPSA) is 81.9 Å². The number of rotatable bonds is 6. The second-order valence-corrected chi connectivity index (χ2v) is 7.12. The van der Waals surface area contributed by atoms with E-state index in [9.17, 15) is 4.79 Å². The van der Waals surface area contributed by atoms with E-state index in [1.54, 1.807) is 11.8 Å². The van der Waals surface area contributed by atoms with Gasteiger partial charge in [-0.25, -0.2) is 0 Å². The first-order chi connectivity index (χ1) is 13.0. The van der Waals surface area contributed by atoms with Crippen LogP contribution in [0.3, 0.4) is 0 Å². The van der Waals surface area contributed by atoms with E-state index in [0.29, 0.717) is 16.6 Å². The maximum Gasteiger partial charge on any atom is 0.234 e. The van der Waals surface area contributed by atoms with E-state index < -0.39 is 0 Å². The van der Waals surface area contributed by atoms with E-state index in [1.807, 2.05) is 50.2 Å². The molecule has 0 aliphatic carbocycles. The van der Waals surface area contributed by atoms with Crippen LogP contribution in [0.1, 0.15) is 16.7 Å². The van der Waals surface area contributed by atoms with E-state index in [0.717, 1.165) is 16.8 Å². The number of hydrogen-bond acceptors (Lipinski definition) is 6. The van der Waals surface area contributed by atoms with Crippen molar-refractivity contribution in [1.29, 1.82) is 0 Å². The largest absolute Gasteiger partial charge is 0.495 e. The number of amides is 1. The van der Waals surface area contributed by atoms with Gasteiger partial charge in [-0.1, -0.05) is 23.9 Å². The predicted octanol–water partition coefficient (Wildman–Crippen LogP) is 3.33. The van der Waals surface area contributed by atoms with Crippen LogP contribution in [-0.4, -0.2) is 39.0 Å². The molecule has 140 valence electrons. The van der Waals surface area contributed by atoms with Crippen LogP contribution < -0.4 is 10.1 Å². The average molecular weight is 383 g/mol. The Hall–Kier alpha value is -2.87. The van der Waals surface area contributed by atoms with Gasteiger partial charge in [0.1, 0.15) is 5.75 Å². The highest BCUT2D eigenvalue weighted by molar-refractivity contribution is 7.99. The number of nitrogens with zero attached hydrogens (tertiary/aromatic N) is 4. The highest BCUT2D eigenvalue weighted by Gasteiger charge is 2.13. The minimum absolute atomic E-state index is 0.154. The van der Waals surface area contributed by atoms with Gasteiger partial charge in [0, 0.05) is 0 Å². The zero-order valence-electron chi connectivity index (χ0n) is 15.7. The molecule has 1 amide bonds. The highest BCUT2D eigenvalue weighted by Crippen LogP contribution is 2.26. The first kappa shape index (κ1) is 18.9. The number of aryl methyl sites for hydroxylation is 3. The van der Waals surface area contributed by atoms with Gasteiger partial charge in [0.15, 0.2) is 0 Å². The summed E-state index contributed by atoms with van der Waals surface area (Å²) in [6, 6.07) is 11.6. The Labute approximate surface area is 162 Å². The van der Waals surface area contributed by atoms with Gasteiger partial charge in [0.05, 0.1) is 24.2 Å². The number of anilines is 1. The first-order valence-electron chi connectivity index (χ1n) is 8.41. The molecule has 0 bridgehead atoms. The number of tetrazole rings is 1. The third-order valence-corrected chi connectivity index (χ3v) is 5.06. The second-order valence-electron chi connectivity index (χ2n) is 6.18. The van der Waals surface area contributed by atoms with Crippen molar-refractivity contribution >= 4 is 23.4 Å². The Balaban J connectivity index is 1.69. The quantitative estimate of drug-likeness (QED) is 0.658. The molecule has 3 rings (SSSR count). The molecule has 2 aromatic carbocycles. The summed E-state index contributed by atoms with van der Waals surface area (Å²) in [5.74, 6) is 0.653. The van der Waals surface area contributed by atoms with Gasteiger partial charge >= 0.3 is 0 Å². The van der Waals surface area contributed by atoms with Gasteiger partial charge in [-0.3, -0.25) is 4.79 Å². The summed E-state index contributed by atoms with van der Waals surface area (Å²) in [4.78, 5) is 12.4. The number of thioether (sulfide) groups is 1. The summed E-state index contributed by atoms with van der Waals surface area (Å²) in [6.07, 6.45) is 0. The van der Waals surface area contributed by atoms with E-state index in [1.165, 1.54) is 17.3 Å². The molecule has 1 N–H and O–H groups in total. The predicted molar refractivity (Wildman–Crippen MR) is 106 cm³/mol. The molecular weight excluding hydrogens is 362 g/mol. The molecule has 0 aliphatic heterocycles. The Morgan fingerprint density at radius 2 is 1.96 bits per heavy atom.